The van der Waals surface area contributed by atoms with Gasteiger partial charge >= 0.3 is 5.97 Å². The quantitative estimate of drug-likeness (QED) is 0.388. The van der Waals surface area contributed by atoms with Crippen LogP contribution in [0.1, 0.15) is 26.3 Å². The van der Waals surface area contributed by atoms with Gasteiger partial charge in [0.05, 0.1) is 12.0 Å². The Kier molecular flexibility index (Phi) is 5.34. The van der Waals surface area contributed by atoms with Crippen molar-refractivity contribution in [2.45, 2.75) is 33.2 Å². The Hall–Kier alpha value is -2.77. The highest BCUT2D eigenvalue weighted by molar-refractivity contribution is 7.18. The molecule has 0 radical (unpaired) electrons. The molecule has 0 atom stereocenters. The molecule has 0 bridgehead atoms. The molecule has 0 aliphatic carbocycles. The van der Waals surface area contributed by atoms with Crippen molar-refractivity contribution in [2.24, 2.45) is 0 Å². The van der Waals surface area contributed by atoms with E-state index in [1.165, 1.54) is 15.9 Å². The number of fused-ring (bicyclic) bond motifs is 1. The van der Waals surface area contributed by atoms with E-state index in [2.05, 4.69) is 0 Å². The molecule has 0 amide bonds. The van der Waals surface area contributed by atoms with Gasteiger partial charge in [0.1, 0.15) is 16.2 Å². The number of aryl methyl sites for hydroxylation is 1. The van der Waals surface area contributed by atoms with E-state index in [1.54, 1.807) is 32.1 Å². The molecule has 0 N–H and O–H groups in total. The zero-order valence-electron chi connectivity index (χ0n) is 17.3. The smallest absolute Gasteiger partial charge is 0.331 e. The maximum atomic E-state index is 13.8. The van der Waals surface area contributed by atoms with Gasteiger partial charge in [-0.3, -0.25) is 9.36 Å². The second-order valence-corrected chi connectivity index (χ2v) is 9.33. The van der Waals surface area contributed by atoms with Gasteiger partial charge in [0.15, 0.2) is 0 Å². The monoisotopic (exact) mass is 438 g/mol. The Bertz CT molecular complexity index is 1270. The third-order valence-corrected chi connectivity index (χ3v) is 6.81. The zero-order valence-corrected chi connectivity index (χ0v) is 18.9. The third kappa shape index (κ3) is 3.38. The first-order valence-corrected chi connectivity index (χ1v) is 11.4. The highest BCUT2D eigenvalue weighted by Crippen LogP contribution is 2.36. The number of carbonyl (C=O) groups is 1. The predicted molar refractivity (Wildman–Crippen MR) is 123 cm³/mol. The van der Waals surface area contributed by atoms with Crippen LogP contribution in [-0.2, 0) is 15.1 Å². The number of hydrogen-bond donors (Lipinski definition) is 0. The molecule has 1 aromatic carbocycles. The van der Waals surface area contributed by atoms with Gasteiger partial charge in [0.25, 0.3) is 5.56 Å². The van der Waals surface area contributed by atoms with Crippen LogP contribution in [-0.4, -0.2) is 22.1 Å². The molecule has 7 heteroatoms. The third-order valence-electron chi connectivity index (χ3n) is 5.04. The van der Waals surface area contributed by atoms with Gasteiger partial charge in [0.2, 0.25) is 0 Å². The fourth-order valence-electron chi connectivity index (χ4n) is 3.42. The topological polar surface area (TPSA) is 61.2 Å². The molecule has 0 saturated carbocycles. The van der Waals surface area contributed by atoms with Crippen LogP contribution in [0.2, 0.25) is 0 Å². The highest BCUT2D eigenvalue weighted by atomic mass is 32.1. The Morgan fingerprint density at radius 2 is 1.90 bits per heavy atom. The van der Waals surface area contributed by atoms with Gasteiger partial charge in [-0.15, -0.1) is 22.7 Å². The summed E-state index contributed by atoms with van der Waals surface area (Å²) < 4.78 is 6.79. The van der Waals surface area contributed by atoms with E-state index in [4.69, 9.17) is 9.72 Å². The van der Waals surface area contributed by atoms with E-state index in [1.807, 2.05) is 54.1 Å². The minimum Gasteiger partial charge on any atom is -0.464 e. The van der Waals surface area contributed by atoms with Gasteiger partial charge < -0.3 is 4.74 Å². The molecule has 0 spiro atoms. The Labute approximate surface area is 182 Å². The average molecular weight is 439 g/mol. The van der Waals surface area contributed by atoms with Crippen LogP contribution in [0.3, 0.4) is 0 Å². The van der Waals surface area contributed by atoms with Crippen LogP contribution < -0.4 is 5.56 Å². The largest absolute Gasteiger partial charge is 0.464 e. The Morgan fingerprint density at radius 3 is 2.53 bits per heavy atom. The van der Waals surface area contributed by atoms with E-state index >= 15 is 0 Å². The van der Waals surface area contributed by atoms with Gasteiger partial charge in [-0.05, 0) is 39.1 Å². The van der Waals surface area contributed by atoms with Gasteiger partial charge in [0, 0.05) is 21.4 Å². The number of benzene rings is 1. The number of hydrogen-bond acceptors (Lipinski definition) is 6. The average Bonchev–Trinajstić information content (AvgIpc) is 3.38. The molecule has 4 aromatic rings. The van der Waals surface area contributed by atoms with Gasteiger partial charge in [-0.2, -0.15) is 0 Å². The molecule has 30 heavy (non-hydrogen) atoms. The number of thiophene rings is 2. The zero-order chi connectivity index (χ0) is 21.5. The molecular weight excluding hydrogens is 416 g/mol. The predicted octanol–water partition coefficient (Wildman–Crippen LogP) is 5.46. The molecule has 0 aliphatic rings. The standard InChI is InChI=1S/C23H22N2O3S2/c1-5-28-22(27)23(3,4)25-19(15-10-8-14(2)9-11-15)24-20-18(21(25)26)16(13-30-20)17-7-6-12-29-17/h6-13H,5H2,1-4H3. The van der Waals surface area contributed by atoms with E-state index in [0.29, 0.717) is 16.0 Å². The summed E-state index contributed by atoms with van der Waals surface area (Å²) in [5, 5.41) is 4.48. The maximum Gasteiger partial charge on any atom is 0.331 e. The van der Waals surface area contributed by atoms with Crippen LogP contribution in [0.4, 0.5) is 0 Å². The molecule has 0 fully saturated rings. The second kappa shape index (κ2) is 7.81. The SMILES string of the molecule is CCOC(=O)C(C)(C)n1c(-c2ccc(C)cc2)nc2scc(-c3cccs3)c2c1=O. The first kappa shape index (κ1) is 20.5. The van der Waals surface area contributed by atoms with Crippen molar-refractivity contribution in [3.8, 4) is 21.8 Å². The number of ether oxygens (including phenoxy) is 1. The fourth-order valence-corrected chi connectivity index (χ4v) is 5.17. The van der Waals surface area contributed by atoms with Crippen LogP contribution in [0.15, 0.2) is 52.0 Å². The highest BCUT2D eigenvalue weighted by Gasteiger charge is 2.36. The van der Waals surface area contributed by atoms with Crippen molar-refractivity contribution in [2.75, 3.05) is 6.61 Å². The number of aromatic nitrogens is 2. The summed E-state index contributed by atoms with van der Waals surface area (Å²) in [6, 6.07) is 11.7. The summed E-state index contributed by atoms with van der Waals surface area (Å²) >= 11 is 3.02. The van der Waals surface area contributed by atoms with E-state index < -0.39 is 11.5 Å². The molecule has 5 nitrogen and oxygen atoms in total. The maximum absolute atomic E-state index is 13.8. The summed E-state index contributed by atoms with van der Waals surface area (Å²) in [5.74, 6) is -0.000326. The van der Waals surface area contributed by atoms with Crippen molar-refractivity contribution in [3.63, 3.8) is 0 Å². The van der Waals surface area contributed by atoms with Crippen LogP contribution >= 0.6 is 22.7 Å². The van der Waals surface area contributed by atoms with Gasteiger partial charge in [-0.25, -0.2) is 9.78 Å². The molecule has 154 valence electrons. The van der Waals surface area contributed by atoms with E-state index in [-0.39, 0.29) is 12.2 Å². The van der Waals surface area contributed by atoms with Crippen LogP contribution in [0, 0.1) is 6.92 Å². The number of esters is 1. The van der Waals surface area contributed by atoms with Crippen molar-refractivity contribution < 1.29 is 9.53 Å². The van der Waals surface area contributed by atoms with Gasteiger partial charge in [-0.1, -0.05) is 35.9 Å². The van der Waals surface area contributed by atoms with Crippen molar-refractivity contribution in [1.82, 2.24) is 9.55 Å². The van der Waals surface area contributed by atoms with E-state index in [9.17, 15) is 9.59 Å². The normalized spacial score (nSPS) is 11.7. The second-order valence-electron chi connectivity index (χ2n) is 7.53. The van der Waals surface area contributed by atoms with Crippen molar-refractivity contribution in [1.29, 1.82) is 0 Å². The molecule has 0 aliphatic heterocycles. The fraction of sp³-hybridized carbons (Fsp3) is 0.261. The molecule has 3 heterocycles. The first-order valence-electron chi connectivity index (χ1n) is 9.67. The number of nitrogens with zero attached hydrogens (tertiary/aromatic N) is 2. The lowest BCUT2D eigenvalue weighted by Crippen LogP contribution is -2.45. The summed E-state index contributed by atoms with van der Waals surface area (Å²) in [7, 11) is 0. The minimum atomic E-state index is -1.22. The summed E-state index contributed by atoms with van der Waals surface area (Å²) in [6.07, 6.45) is 0. The van der Waals surface area contributed by atoms with Crippen LogP contribution in [0.25, 0.3) is 32.0 Å². The van der Waals surface area contributed by atoms with Crippen molar-refractivity contribution >= 4 is 38.9 Å². The Balaban J connectivity index is 2.06. The van der Waals surface area contributed by atoms with Crippen LogP contribution in [0.5, 0.6) is 0 Å². The number of carbonyl (C=O) groups excluding carboxylic acids is 1. The van der Waals surface area contributed by atoms with Crippen molar-refractivity contribution in [3.05, 3.63) is 63.1 Å². The lowest BCUT2D eigenvalue weighted by molar-refractivity contribution is -0.152. The molecule has 0 saturated heterocycles. The first-order chi connectivity index (χ1) is 14.3. The van der Waals surface area contributed by atoms with E-state index in [0.717, 1.165) is 21.6 Å². The minimum absolute atomic E-state index is 0.238. The molecule has 0 unspecified atom stereocenters. The Morgan fingerprint density at radius 1 is 1.17 bits per heavy atom. The summed E-state index contributed by atoms with van der Waals surface area (Å²) in [4.78, 5) is 33.2. The lowest BCUT2D eigenvalue weighted by Gasteiger charge is -2.27. The summed E-state index contributed by atoms with van der Waals surface area (Å²) in [5.41, 5.74) is 1.28. The molecule has 4 rings (SSSR count). The lowest BCUT2D eigenvalue weighted by atomic mass is 10.0. The summed E-state index contributed by atoms with van der Waals surface area (Å²) in [6.45, 7) is 7.41. The number of rotatable bonds is 5. The molecule has 3 aromatic heterocycles. The molecular formula is C23H22N2O3S2.